The van der Waals surface area contributed by atoms with Crippen LogP contribution in [0.1, 0.15) is 18.5 Å². The van der Waals surface area contributed by atoms with Crippen LogP contribution >= 0.6 is 23.2 Å². The van der Waals surface area contributed by atoms with Gasteiger partial charge in [-0.15, -0.1) is 0 Å². The Balaban J connectivity index is 2.24. The number of hydrogen-bond acceptors (Lipinski definition) is 2. The monoisotopic (exact) mass is 281 g/mol. The maximum atomic E-state index is 6.15. The summed E-state index contributed by atoms with van der Waals surface area (Å²) in [7, 11) is 0. The van der Waals surface area contributed by atoms with Crippen molar-refractivity contribution in [3.05, 3.63) is 58.1 Å². The molecule has 1 atom stereocenters. The quantitative estimate of drug-likeness (QED) is 0.877. The minimum Gasteiger partial charge on any atom is -0.456 e. The smallest absolute Gasteiger partial charge is 0.146 e. The highest BCUT2D eigenvalue weighted by Gasteiger charge is 2.07. The van der Waals surface area contributed by atoms with Crippen LogP contribution in [0, 0.1) is 0 Å². The summed E-state index contributed by atoms with van der Waals surface area (Å²) < 4.78 is 5.67. The minimum atomic E-state index is -0.0530. The number of benzene rings is 2. The fourth-order valence-corrected chi connectivity index (χ4v) is 1.95. The molecule has 2 nitrogen and oxygen atoms in total. The lowest BCUT2D eigenvalue weighted by Gasteiger charge is -2.11. The van der Waals surface area contributed by atoms with Crippen molar-refractivity contribution >= 4 is 23.2 Å². The molecule has 0 saturated heterocycles. The molecule has 2 rings (SSSR count). The Morgan fingerprint density at radius 1 is 1.11 bits per heavy atom. The van der Waals surface area contributed by atoms with Gasteiger partial charge < -0.3 is 10.5 Å². The fourth-order valence-electron chi connectivity index (χ4n) is 1.54. The zero-order chi connectivity index (χ0) is 13.1. The maximum absolute atomic E-state index is 6.15. The molecule has 18 heavy (non-hydrogen) atoms. The van der Waals surface area contributed by atoms with Crippen molar-refractivity contribution in [2.45, 2.75) is 13.0 Å². The average molecular weight is 282 g/mol. The van der Waals surface area contributed by atoms with Gasteiger partial charge in [-0.3, -0.25) is 0 Å². The number of rotatable bonds is 3. The van der Waals surface area contributed by atoms with E-state index in [1.165, 1.54) is 0 Å². The van der Waals surface area contributed by atoms with Gasteiger partial charge in [-0.25, -0.2) is 0 Å². The Kier molecular flexibility index (Phi) is 4.12. The molecule has 2 aromatic carbocycles. The van der Waals surface area contributed by atoms with E-state index in [4.69, 9.17) is 33.7 Å². The molecule has 0 heterocycles. The summed E-state index contributed by atoms with van der Waals surface area (Å²) in [5, 5.41) is 1.15. The predicted octanol–water partition coefficient (Wildman–Crippen LogP) is 4.81. The molecule has 0 saturated carbocycles. The Hall–Kier alpha value is -1.22. The van der Waals surface area contributed by atoms with Crippen LogP contribution in [0.3, 0.4) is 0 Å². The lowest BCUT2D eigenvalue weighted by molar-refractivity contribution is 0.482. The highest BCUT2D eigenvalue weighted by molar-refractivity contribution is 6.32. The Bertz CT molecular complexity index is 555. The van der Waals surface area contributed by atoms with Crippen LogP contribution in [-0.4, -0.2) is 0 Å². The van der Waals surface area contributed by atoms with E-state index in [-0.39, 0.29) is 6.04 Å². The van der Waals surface area contributed by atoms with E-state index in [1.807, 2.05) is 37.3 Å². The second-order valence-corrected chi connectivity index (χ2v) is 4.88. The first-order valence-electron chi connectivity index (χ1n) is 5.54. The molecule has 0 amide bonds. The molecule has 0 radical (unpaired) electrons. The van der Waals surface area contributed by atoms with Crippen molar-refractivity contribution in [2.24, 2.45) is 5.73 Å². The summed E-state index contributed by atoms with van der Waals surface area (Å²) in [6.07, 6.45) is 0. The van der Waals surface area contributed by atoms with Crippen LogP contribution < -0.4 is 10.5 Å². The first kappa shape index (κ1) is 13.2. The molecule has 2 N–H and O–H groups in total. The summed E-state index contributed by atoms with van der Waals surface area (Å²) in [6.45, 7) is 1.91. The van der Waals surface area contributed by atoms with Gasteiger partial charge >= 0.3 is 0 Å². The maximum Gasteiger partial charge on any atom is 0.146 e. The van der Waals surface area contributed by atoms with E-state index in [0.29, 0.717) is 21.5 Å². The van der Waals surface area contributed by atoms with Gasteiger partial charge in [0.1, 0.15) is 11.5 Å². The van der Waals surface area contributed by atoms with Crippen LogP contribution in [0.15, 0.2) is 42.5 Å². The van der Waals surface area contributed by atoms with Crippen LogP contribution in [0.5, 0.6) is 11.5 Å². The van der Waals surface area contributed by atoms with E-state index < -0.39 is 0 Å². The van der Waals surface area contributed by atoms with E-state index in [2.05, 4.69) is 0 Å². The van der Waals surface area contributed by atoms with Crippen LogP contribution in [0.2, 0.25) is 10.0 Å². The second-order valence-electron chi connectivity index (χ2n) is 4.04. The third-order valence-electron chi connectivity index (χ3n) is 2.51. The standard InChI is InChI=1S/C14H13Cl2NO/c1-9(17)10-5-6-14(13(16)7-10)18-12-4-2-3-11(15)8-12/h2-9H,17H2,1H3. The lowest BCUT2D eigenvalue weighted by Crippen LogP contribution is -2.04. The largest absolute Gasteiger partial charge is 0.456 e. The Morgan fingerprint density at radius 2 is 1.89 bits per heavy atom. The zero-order valence-electron chi connectivity index (χ0n) is 9.86. The Labute approximate surface area is 116 Å². The fraction of sp³-hybridized carbons (Fsp3) is 0.143. The third-order valence-corrected chi connectivity index (χ3v) is 3.04. The van der Waals surface area contributed by atoms with E-state index in [9.17, 15) is 0 Å². The molecule has 0 spiro atoms. The molecule has 1 unspecified atom stereocenters. The SMILES string of the molecule is CC(N)c1ccc(Oc2cccc(Cl)c2)c(Cl)c1. The molecule has 0 aliphatic carbocycles. The highest BCUT2D eigenvalue weighted by atomic mass is 35.5. The second kappa shape index (κ2) is 5.61. The number of hydrogen-bond donors (Lipinski definition) is 1. The lowest BCUT2D eigenvalue weighted by atomic mass is 10.1. The zero-order valence-corrected chi connectivity index (χ0v) is 11.4. The van der Waals surface area contributed by atoms with Crippen LogP contribution in [0.25, 0.3) is 0 Å². The molecular weight excluding hydrogens is 269 g/mol. The van der Waals surface area contributed by atoms with Gasteiger partial charge in [-0.2, -0.15) is 0 Å². The van der Waals surface area contributed by atoms with Crippen LogP contribution in [0.4, 0.5) is 0 Å². The van der Waals surface area contributed by atoms with Crippen LogP contribution in [-0.2, 0) is 0 Å². The van der Waals surface area contributed by atoms with Gasteiger partial charge in [-0.1, -0.05) is 35.3 Å². The normalized spacial score (nSPS) is 12.2. The summed E-state index contributed by atoms with van der Waals surface area (Å²) in [5.41, 5.74) is 6.76. The highest BCUT2D eigenvalue weighted by Crippen LogP contribution is 2.32. The van der Waals surface area contributed by atoms with E-state index in [0.717, 1.165) is 5.56 Å². The van der Waals surface area contributed by atoms with Crippen molar-refractivity contribution in [2.75, 3.05) is 0 Å². The molecule has 2 aromatic rings. The first-order chi connectivity index (χ1) is 8.56. The molecule has 0 fully saturated rings. The first-order valence-corrected chi connectivity index (χ1v) is 6.30. The molecule has 0 aliphatic heterocycles. The minimum absolute atomic E-state index is 0.0530. The summed E-state index contributed by atoms with van der Waals surface area (Å²) >= 11 is 12.0. The summed E-state index contributed by atoms with van der Waals surface area (Å²) in [6, 6.07) is 12.6. The van der Waals surface area contributed by atoms with Crippen molar-refractivity contribution in [1.82, 2.24) is 0 Å². The van der Waals surface area contributed by atoms with Gasteiger partial charge in [-0.05, 0) is 42.8 Å². The molecule has 94 valence electrons. The van der Waals surface area contributed by atoms with Crippen molar-refractivity contribution in [3.63, 3.8) is 0 Å². The molecule has 0 aliphatic rings. The predicted molar refractivity (Wildman–Crippen MR) is 75.6 cm³/mol. The van der Waals surface area contributed by atoms with Gasteiger partial charge in [0.25, 0.3) is 0 Å². The van der Waals surface area contributed by atoms with Crippen molar-refractivity contribution in [1.29, 1.82) is 0 Å². The third kappa shape index (κ3) is 3.16. The topological polar surface area (TPSA) is 35.2 Å². The summed E-state index contributed by atoms with van der Waals surface area (Å²) in [5.74, 6) is 1.24. The number of nitrogens with two attached hydrogens (primary N) is 1. The van der Waals surface area contributed by atoms with Gasteiger partial charge in [0.05, 0.1) is 5.02 Å². The molecule has 0 aromatic heterocycles. The van der Waals surface area contributed by atoms with Crippen molar-refractivity contribution in [3.8, 4) is 11.5 Å². The molecule has 4 heteroatoms. The molecule has 0 bridgehead atoms. The summed E-state index contributed by atoms with van der Waals surface area (Å²) in [4.78, 5) is 0. The Morgan fingerprint density at radius 3 is 2.50 bits per heavy atom. The van der Waals surface area contributed by atoms with Gasteiger partial charge in [0, 0.05) is 11.1 Å². The van der Waals surface area contributed by atoms with Gasteiger partial charge in [0.15, 0.2) is 0 Å². The number of ether oxygens (including phenoxy) is 1. The average Bonchev–Trinajstić information content (AvgIpc) is 2.31. The molecular formula is C14H13Cl2NO. The van der Waals surface area contributed by atoms with E-state index >= 15 is 0 Å². The van der Waals surface area contributed by atoms with Crippen molar-refractivity contribution < 1.29 is 4.74 Å². The van der Waals surface area contributed by atoms with E-state index in [1.54, 1.807) is 12.1 Å². The van der Waals surface area contributed by atoms with Gasteiger partial charge in [0.2, 0.25) is 0 Å². The number of halogens is 2.